The number of hydrogen-bond acceptors (Lipinski definition) is 2. The van der Waals surface area contributed by atoms with Crippen LogP contribution in [0.4, 0.5) is 0 Å². The predicted octanol–water partition coefficient (Wildman–Crippen LogP) is 1.17. The molecule has 82 valence electrons. The highest BCUT2D eigenvalue weighted by Gasteiger charge is 2.14. The molecule has 3 heteroatoms. The smallest absolute Gasteiger partial charge is 0.220 e. The normalized spacial score (nSPS) is 12.2. The van der Waals surface area contributed by atoms with E-state index < -0.39 is 0 Å². The lowest BCUT2D eigenvalue weighted by molar-refractivity contribution is -0.120. The van der Waals surface area contributed by atoms with Gasteiger partial charge in [0, 0.05) is 19.4 Å². The van der Waals surface area contributed by atoms with Crippen LogP contribution in [0.25, 0.3) is 0 Å². The van der Waals surface area contributed by atoms with Crippen LogP contribution in [0.15, 0.2) is 24.3 Å². The van der Waals surface area contributed by atoms with Crippen molar-refractivity contribution in [3.8, 4) is 0 Å². The van der Waals surface area contributed by atoms with Gasteiger partial charge in [0.1, 0.15) is 0 Å². The van der Waals surface area contributed by atoms with Crippen LogP contribution in [-0.2, 0) is 4.79 Å². The molecular weight excluding hydrogens is 188 g/mol. The fourth-order valence-corrected chi connectivity index (χ4v) is 1.69. The number of nitrogens with two attached hydrogens (primary N) is 1. The minimum Gasteiger partial charge on any atom is -0.359 e. The van der Waals surface area contributed by atoms with Gasteiger partial charge in [0.2, 0.25) is 5.91 Å². The molecule has 15 heavy (non-hydrogen) atoms. The quantitative estimate of drug-likeness (QED) is 0.777. The zero-order valence-corrected chi connectivity index (χ0v) is 9.29. The van der Waals surface area contributed by atoms with E-state index in [-0.39, 0.29) is 11.8 Å². The predicted molar refractivity (Wildman–Crippen MR) is 61.7 cm³/mol. The molecule has 1 rings (SSSR count). The summed E-state index contributed by atoms with van der Waals surface area (Å²) in [7, 11) is 1.65. The van der Waals surface area contributed by atoms with Gasteiger partial charge in [-0.3, -0.25) is 4.79 Å². The number of carbonyl (C=O) groups excluding carboxylic acids is 1. The van der Waals surface area contributed by atoms with Crippen molar-refractivity contribution in [1.29, 1.82) is 0 Å². The monoisotopic (exact) mass is 206 g/mol. The van der Waals surface area contributed by atoms with Crippen LogP contribution in [-0.4, -0.2) is 19.5 Å². The van der Waals surface area contributed by atoms with Crippen molar-refractivity contribution < 1.29 is 4.79 Å². The summed E-state index contributed by atoms with van der Waals surface area (Å²) >= 11 is 0. The molecule has 1 unspecified atom stereocenters. The van der Waals surface area contributed by atoms with Crippen molar-refractivity contribution >= 4 is 5.91 Å². The van der Waals surface area contributed by atoms with E-state index in [1.165, 1.54) is 11.1 Å². The summed E-state index contributed by atoms with van der Waals surface area (Å²) < 4.78 is 0. The van der Waals surface area contributed by atoms with Crippen LogP contribution in [0, 0.1) is 6.92 Å². The average Bonchev–Trinajstić information content (AvgIpc) is 2.26. The Morgan fingerprint density at radius 2 is 2.13 bits per heavy atom. The van der Waals surface area contributed by atoms with E-state index >= 15 is 0 Å². The van der Waals surface area contributed by atoms with Crippen LogP contribution >= 0.6 is 0 Å². The first-order valence-electron chi connectivity index (χ1n) is 5.15. The first kappa shape index (κ1) is 11.7. The average molecular weight is 206 g/mol. The van der Waals surface area contributed by atoms with E-state index in [1.54, 1.807) is 7.05 Å². The number of nitrogens with one attached hydrogen (secondary N) is 1. The van der Waals surface area contributed by atoms with E-state index in [9.17, 15) is 4.79 Å². The number of aryl methyl sites for hydroxylation is 1. The minimum absolute atomic E-state index is 0.0358. The molecule has 0 aliphatic rings. The topological polar surface area (TPSA) is 55.1 Å². The van der Waals surface area contributed by atoms with Crippen molar-refractivity contribution in [2.75, 3.05) is 13.6 Å². The Kier molecular flexibility index (Phi) is 4.31. The Morgan fingerprint density at radius 1 is 1.47 bits per heavy atom. The largest absolute Gasteiger partial charge is 0.359 e. The summed E-state index contributed by atoms with van der Waals surface area (Å²) in [4.78, 5) is 11.3. The van der Waals surface area contributed by atoms with Crippen LogP contribution in [0.1, 0.15) is 23.5 Å². The number of amides is 1. The molecule has 1 atom stereocenters. The maximum atomic E-state index is 11.3. The molecule has 0 heterocycles. The molecule has 0 radical (unpaired) electrons. The van der Waals surface area contributed by atoms with Gasteiger partial charge in [-0.25, -0.2) is 0 Å². The molecule has 0 saturated heterocycles. The van der Waals surface area contributed by atoms with Gasteiger partial charge in [0.15, 0.2) is 0 Å². The van der Waals surface area contributed by atoms with Crippen molar-refractivity contribution in [2.24, 2.45) is 5.73 Å². The Labute approximate surface area is 90.7 Å². The van der Waals surface area contributed by atoms with Gasteiger partial charge < -0.3 is 11.1 Å². The summed E-state index contributed by atoms with van der Waals surface area (Å²) in [6.07, 6.45) is 0.456. The first-order chi connectivity index (χ1) is 7.19. The fraction of sp³-hybridized carbons (Fsp3) is 0.417. The van der Waals surface area contributed by atoms with Gasteiger partial charge in [-0.15, -0.1) is 0 Å². The van der Waals surface area contributed by atoms with Crippen LogP contribution < -0.4 is 11.1 Å². The minimum atomic E-state index is 0.0358. The van der Waals surface area contributed by atoms with Gasteiger partial charge in [0.05, 0.1) is 0 Å². The van der Waals surface area contributed by atoms with E-state index in [1.807, 2.05) is 31.2 Å². The zero-order chi connectivity index (χ0) is 11.3. The van der Waals surface area contributed by atoms with Crippen LogP contribution in [0.2, 0.25) is 0 Å². The second-order valence-corrected chi connectivity index (χ2v) is 3.67. The number of benzene rings is 1. The second kappa shape index (κ2) is 5.51. The molecule has 0 bridgehead atoms. The standard InChI is InChI=1S/C12H18N2O/c1-9-5-3-4-6-11(9)10(8-13)7-12(15)14-2/h3-6,10H,7-8,13H2,1-2H3,(H,14,15). The molecule has 1 aromatic carbocycles. The lowest BCUT2D eigenvalue weighted by atomic mass is 9.92. The molecule has 0 aliphatic heterocycles. The molecule has 0 aliphatic carbocycles. The van der Waals surface area contributed by atoms with Gasteiger partial charge in [0.25, 0.3) is 0 Å². The maximum Gasteiger partial charge on any atom is 0.220 e. The molecule has 0 spiro atoms. The first-order valence-corrected chi connectivity index (χ1v) is 5.15. The molecule has 1 amide bonds. The van der Waals surface area contributed by atoms with E-state index in [4.69, 9.17) is 5.73 Å². The van der Waals surface area contributed by atoms with Crippen molar-refractivity contribution in [2.45, 2.75) is 19.3 Å². The summed E-state index contributed by atoms with van der Waals surface area (Å²) in [5.41, 5.74) is 8.06. The second-order valence-electron chi connectivity index (χ2n) is 3.67. The van der Waals surface area contributed by atoms with E-state index in [0.29, 0.717) is 13.0 Å². The highest BCUT2D eigenvalue weighted by molar-refractivity contribution is 5.76. The van der Waals surface area contributed by atoms with Crippen molar-refractivity contribution in [3.05, 3.63) is 35.4 Å². The summed E-state index contributed by atoms with van der Waals surface area (Å²) in [5, 5.41) is 2.62. The SMILES string of the molecule is CNC(=O)CC(CN)c1ccccc1C. The molecule has 0 saturated carbocycles. The third kappa shape index (κ3) is 3.06. The zero-order valence-electron chi connectivity index (χ0n) is 9.29. The van der Waals surface area contributed by atoms with Crippen LogP contribution in [0.3, 0.4) is 0 Å². The third-order valence-corrected chi connectivity index (χ3v) is 2.62. The summed E-state index contributed by atoms with van der Waals surface area (Å²) in [6.45, 7) is 2.54. The summed E-state index contributed by atoms with van der Waals surface area (Å²) in [6, 6.07) is 8.05. The molecule has 3 nitrogen and oxygen atoms in total. The Bertz CT molecular complexity index is 336. The van der Waals surface area contributed by atoms with Gasteiger partial charge >= 0.3 is 0 Å². The molecule has 3 N–H and O–H groups in total. The number of rotatable bonds is 4. The van der Waals surface area contributed by atoms with Gasteiger partial charge in [-0.2, -0.15) is 0 Å². The van der Waals surface area contributed by atoms with Crippen LogP contribution in [0.5, 0.6) is 0 Å². The van der Waals surface area contributed by atoms with E-state index in [2.05, 4.69) is 5.32 Å². The molecule has 0 aromatic heterocycles. The van der Waals surface area contributed by atoms with Gasteiger partial charge in [-0.1, -0.05) is 24.3 Å². The lowest BCUT2D eigenvalue weighted by Gasteiger charge is -2.16. The Morgan fingerprint density at radius 3 is 2.67 bits per heavy atom. The Balaban J connectivity index is 2.83. The molecule has 0 fully saturated rings. The van der Waals surface area contributed by atoms with E-state index in [0.717, 1.165) is 0 Å². The lowest BCUT2D eigenvalue weighted by Crippen LogP contribution is -2.24. The van der Waals surface area contributed by atoms with Crippen molar-refractivity contribution in [3.63, 3.8) is 0 Å². The molecule has 1 aromatic rings. The van der Waals surface area contributed by atoms with Crippen molar-refractivity contribution in [1.82, 2.24) is 5.32 Å². The summed E-state index contributed by atoms with van der Waals surface area (Å²) in [5.74, 6) is 0.153. The maximum absolute atomic E-state index is 11.3. The fourth-order valence-electron chi connectivity index (χ4n) is 1.69. The highest BCUT2D eigenvalue weighted by atomic mass is 16.1. The van der Waals surface area contributed by atoms with Gasteiger partial charge in [-0.05, 0) is 24.6 Å². The Hall–Kier alpha value is -1.35. The molecular formula is C12H18N2O. The highest BCUT2D eigenvalue weighted by Crippen LogP contribution is 2.21. The number of carbonyl (C=O) groups is 1. The number of hydrogen-bond donors (Lipinski definition) is 2. The third-order valence-electron chi connectivity index (χ3n) is 2.62.